The van der Waals surface area contributed by atoms with Crippen molar-refractivity contribution in [1.29, 1.82) is 0 Å². The molecule has 3 N–H and O–H groups in total. The van der Waals surface area contributed by atoms with Gasteiger partial charge in [-0.25, -0.2) is 17.7 Å². The zero-order valence-corrected chi connectivity index (χ0v) is 16.1. The summed E-state index contributed by atoms with van der Waals surface area (Å²) in [5.74, 6) is 1.72. The number of ether oxygens (including phenoxy) is 2. The van der Waals surface area contributed by atoms with Crippen molar-refractivity contribution in [3.8, 4) is 11.5 Å². The van der Waals surface area contributed by atoms with Crippen LogP contribution in [0.15, 0.2) is 23.2 Å². The average molecular weight is 372 g/mol. The highest BCUT2D eigenvalue weighted by Crippen LogP contribution is 2.27. The van der Waals surface area contributed by atoms with Gasteiger partial charge in [-0.05, 0) is 31.0 Å². The van der Waals surface area contributed by atoms with E-state index in [9.17, 15) is 8.42 Å². The third-order valence-corrected chi connectivity index (χ3v) is 5.54. The van der Waals surface area contributed by atoms with Gasteiger partial charge in [0.2, 0.25) is 10.0 Å². The third-order valence-electron chi connectivity index (χ3n) is 3.68. The number of nitrogens with two attached hydrogens (primary N) is 1. The standard InChI is InChI=1S/C16H28N4O4S/c1-5-25(21,22)20(2)10-6-9-18-16(17)19-12-13-7-8-14(23-3)15(11-13)24-4/h7-8,11H,5-6,9-10,12H2,1-4H3,(H3,17,18,19). The number of methoxy groups -OCH3 is 2. The van der Waals surface area contributed by atoms with Crippen molar-refractivity contribution in [2.24, 2.45) is 10.7 Å². The van der Waals surface area contributed by atoms with E-state index in [0.717, 1.165) is 5.56 Å². The molecule has 0 saturated heterocycles. The molecule has 0 amide bonds. The Morgan fingerprint density at radius 1 is 1.28 bits per heavy atom. The Labute approximate surface area is 150 Å². The van der Waals surface area contributed by atoms with Crippen LogP contribution in [-0.4, -0.2) is 58.8 Å². The van der Waals surface area contributed by atoms with Crippen LogP contribution < -0.4 is 20.5 Å². The summed E-state index contributed by atoms with van der Waals surface area (Å²) in [5, 5.41) is 2.98. The van der Waals surface area contributed by atoms with Crippen LogP contribution in [0.1, 0.15) is 18.9 Å². The smallest absolute Gasteiger partial charge is 0.213 e. The van der Waals surface area contributed by atoms with Crippen molar-refractivity contribution >= 4 is 16.0 Å². The Morgan fingerprint density at radius 3 is 2.56 bits per heavy atom. The van der Waals surface area contributed by atoms with Crippen LogP contribution in [-0.2, 0) is 16.6 Å². The third kappa shape index (κ3) is 6.79. The van der Waals surface area contributed by atoms with Crippen molar-refractivity contribution in [3.63, 3.8) is 0 Å². The zero-order chi connectivity index (χ0) is 18.9. The van der Waals surface area contributed by atoms with Crippen LogP contribution in [0.2, 0.25) is 0 Å². The lowest BCUT2D eigenvalue weighted by molar-refractivity contribution is 0.354. The molecule has 1 aromatic rings. The molecule has 1 rings (SSSR count). The lowest BCUT2D eigenvalue weighted by Crippen LogP contribution is -2.35. The Kier molecular flexibility index (Phi) is 8.50. The second-order valence-corrected chi connectivity index (χ2v) is 7.76. The number of hydrogen-bond donors (Lipinski definition) is 2. The Hall–Kier alpha value is -2.00. The predicted octanol–water partition coefficient (Wildman–Crippen LogP) is 0.780. The first kappa shape index (κ1) is 21.0. The summed E-state index contributed by atoms with van der Waals surface area (Å²) < 4.78 is 35.0. The van der Waals surface area contributed by atoms with E-state index in [2.05, 4.69) is 10.3 Å². The van der Waals surface area contributed by atoms with Gasteiger partial charge in [0.1, 0.15) is 0 Å². The highest BCUT2D eigenvalue weighted by atomic mass is 32.2. The topological polar surface area (TPSA) is 106 Å². The van der Waals surface area contributed by atoms with Gasteiger partial charge in [-0.15, -0.1) is 0 Å². The number of benzene rings is 1. The molecule has 0 fully saturated rings. The van der Waals surface area contributed by atoms with Gasteiger partial charge in [-0.3, -0.25) is 0 Å². The van der Waals surface area contributed by atoms with Gasteiger partial charge in [0, 0.05) is 20.1 Å². The normalized spacial score (nSPS) is 12.3. The van der Waals surface area contributed by atoms with Crippen molar-refractivity contribution in [1.82, 2.24) is 9.62 Å². The maximum atomic E-state index is 11.6. The SMILES string of the molecule is CCS(=O)(=O)N(C)CCCNC(N)=NCc1ccc(OC)c(OC)c1. The molecule has 142 valence electrons. The van der Waals surface area contributed by atoms with E-state index in [1.807, 2.05) is 18.2 Å². The molecule has 0 aliphatic rings. The average Bonchev–Trinajstić information content (AvgIpc) is 2.62. The van der Waals surface area contributed by atoms with E-state index in [1.54, 1.807) is 28.2 Å². The van der Waals surface area contributed by atoms with Crippen molar-refractivity contribution in [2.45, 2.75) is 19.9 Å². The summed E-state index contributed by atoms with van der Waals surface area (Å²) in [7, 11) is 1.61. The number of nitrogens with zero attached hydrogens (tertiary/aromatic N) is 2. The molecule has 1 aromatic carbocycles. The molecule has 0 saturated carbocycles. The van der Waals surface area contributed by atoms with Gasteiger partial charge in [-0.2, -0.15) is 0 Å². The minimum atomic E-state index is -3.14. The summed E-state index contributed by atoms with van der Waals surface area (Å²) in [5.41, 5.74) is 6.77. The van der Waals surface area contributed by atoms with E-state index >= 15 is 0 Å². The van der Waals surface area contributed by atoms with E-state index < -0.39 is 10.0 Å². The number of guanidine groups is 1. The van der Waals surface area contributed by atoms with Crippen LogP contribution >= 0.6 is 0 Å². The van der Waals surface area contributed by atoms with Gasteiger partial charge in [0.25, 0.3) is 0 Å². The van der Waals surface area contributed by atoms with Gasteiger partial charge in [-0.1, -0.05) is 6.07 Å². The fraction of sp³-hybridized carbons (Fsp3) is 0.562. The van der Waals surface area contributed by atoms with Gasteiger partial charge in [0.05, 0.1) is 26.5 Å². The number of rotatable bonds is 10. The lowest BCUT2D eigenvalue weighted by Gasteiger charge is -2.15. The molecule has 0 bridgehead atoms. The van der Waals surface area contributed by atoms with Crippen LogP contribution in [0.25, 0.3) is 0 Å². The molecule has 0 aliphatic heterocycles. The molecule has 0 spiro atoms. The molecule has 9 heteroatoms. The Bertz CT molecular complexity index is 677. The van der Waals surface area contributed by atoms with Crippen LogP contribution in [0.5, 0.6) is 11.5 Å². The highest BCUT2D eigenvalue weighted by molar-refractivity contribution is 7.89. The second kappa shape index (κ2) is 10.1. The Balaban J connectivity index is 2.44. The summed E-state index contributed by atoms with van der Waals surface area (Å²) in [6.45, 7) is 3.02. The molecule has 25 heavy (non-hydrogen) atoms. The predicted molar refractivity (Wildman–Crippen MR) is 99.6 cm³/mol. The van der Waals surface area contributed by atoms with Gasteiger partial charge in [0.15, 0.2) is 17.5 Å². The Morgan fingerprint density at radius 2 is 1.96 bits per heavy atom. The number of sulfonamides is 1. The van der Waals surface area contributed by atoms with E-state index in [4.69, 9.17) is 15.2 Å². The van der Waals surface area contributed by atoms with E-state index in [-0.39, 0.29) is 5.75 Å². The minimum absolute atomic E-state index is 0.103. The number of hydrogen-bond acceptors (Lipinski definition) is 5. The van der Waals surface area contributed by atoms with E-state index in [0.29, 0.717) is 43.5 Å². The maximum Gasteiger partial charge on any atom is 0.213 e. The summed E-state index contributed by atoms with van der Waals surface area (Å²) in [4.78, 5) is 4.26. The molecule has 0 radical (unpaired) electrons. The van der Waals surface area contributed by atoms with Crippen LogP contribution in [0.4, 0.5) is 0 Å². The maximum absolute atomic E-state index is 11.6. The fourth-order valence-corrected chi connectivity index (χ4v) is 2.94. The molecular weight excluding hydrogens is 344 g/mol. The quantitative estimate of drug-likeness (QED) is 0.357. The summed E-state index contributed by atoms with van der Waals surface area (Å²) in [6.07, 6.45) is 0.641. The van der Waals surface area contributed by atoms with Crippen molar-refractivity contribution < 1.29 is 17.9 Å². The zero-order valence-electron chi connectivity index (χ0n) is 15.3. The molecule has 8 nitrogen and oxygen atoms in total. The van der Waals surface area contributed by atoms with Gasteiger partial charge >= 0.3 is 0 Å². The van der Waals surface area contributed by atoms with Crippen molar-refractivity contribution in [3.05, 3.63) is 23.8 Å². The first-order chi connectivity index (χ1) is 11.8. The monoisotopic (exact) mass is 372 g/mol. The molecular formula is C16H28N4O4S. The highest BCUT2D eigenvalue weighted by Gasteiger charge is 2.13. The first-order valence-corrected chi connectivity index (χ1v) is 9.63. The molecule has 0 aromatic heterocycles. The van der Waals surface area contributed by atoms with Gasteiger partial charge < -0.3 is 20.5 Å². The lowest BCUT2D eigenvalue weighted by atomic mass is 10.2. The van der Waals surface area contributed by atoms with E-state index in [1.165, 1.54) is 4.31 Å². The molecule has 0 heterocycles. The molecule has 0 atom stereocenters. The first-order valence-electron chi connectivity index (χ1n) is 8.02. The summed E-state index contributed by atoms with van der Waals surface area (Å²) >= 11 is 0. The molecule has 0 aliphatic carbocycles. The van der Waals surface area contributed by atoms with Crippen LogP contribution in [0, 0.1) is 0 Å². The van der Waals surface area contributed by atoms with Crippen LogP contribution in [0.3, 0.4) is 0 Å². The molecule has 0 unspecified atom stereocenters. The van der Waals surface area contributed by atoms with Crippen molar-refractivity contribution in [2.75, 3.05) is 40.1 Å². The number of nitrogens with one attached hydrogen (secondary N) is 1. The minimum Gasteiger partial charge on any atom is -0.493 e. The summed E-state index contributed by atoms with van der Waals surface area (Å²) in [6, 6.07) is 5.56. The second-order valence-electron chi connectivity index (χ2n) is 5.39. The largest absolute Gasteiger partial charge is 0.493 e. The fourth-order valence-electron chi connectivity index (χ4n) is 2.09. The number of aliphatic imine (C=N–C) groups is 1.